The zero-order valence-corrected chi connectivity index (χ0v) is 11.0. The van der Waals surface area contributed by atoms with Gasteiger partial charge in [0, 0.05) is 12.5 Å². The van der Waals surface area contributed by atoms with E-state index in [1.54, 1.807) is 20.3 Å². The van der Waals surface area contributed by atoms with E-state index in [2.05, 4.69) is 10.3 Å². The molecule has 1 aromatic rings. The molecule has 1 aliphatic rings. The fourth-order valence-corrected chi connectivity index (χ4v) is 1.97. The van der Waals surface area contributed by atoms with Gasteiger partial charge in [-0.15, -0.1) is 0 Å². The van der Waals surface area contributed by atoms with Gasteiger partial charge in [0.2, 0.25) is 0 Å². The fraction of sp³-hybridized carbons (Fsp3) is 0.308. The van der Waals surface area contributed by atoms with Crippen molar-refractivity contribution in [3.05, 3.63) is 35.7 Å². The van der Waals surface area contributed by atoms with E-state index in [-0.39, 0.29) is 0 Å². The lowest BCUT2D eigenvalue weighted by Crippen LogP contribution is -2.43. The first-order valence-corrected chi connectivity index (χ1v) is 5.85. The molecule has 0 fully saturated rings. The van der Waals surface area contributed by atoms with Crippen LogP contribution < -0.4 is 26.3 Å². The summed E-state index contributed by atoms with van der Waals surface area (Å²) in [6, 6.07) is 5.59. The number of benzene rings is 1. The van der Waals surface area contributed by atoms with Gasteiger partial charge in [-0.25, -0.2) is 4.99 Å². The maximum absolute atomic E-state index is 6.19. The van der Waals surface area contributed by atoms with Crippen molar-refractivity contribution in [2.24, 2.45) is 16.5 Å². The van der Waals surface area contributed by atoms with E-state index in [4.69, 9.17) is 20.9 Å². The number of nitrogens with two attached hydrogens (primary N) is 2. The van der Waals surface area contributed by atoms with Crippen LogP contribution in [-0.4, -0.2) is 26.2 Å². The molecule has 6 nitrogen and oxygen atoms in total. The van der Waals surface area contributed by atoms with Crippen molar-refractivity contribution in [3.8, 4) is 11.5 Å². The molecule has 0 spiro atoms. The molecule has 0 amide bonds. The highest BCUT2D eigenvalue weighted by molar-refractivity contribution is 5.60. The topological polar surface area (TPSA) is 94.9 Å². The summed E-state index contributed by atoms with van der Waals surface area (Å²) >= 11 is 0. The minimum absolute atomic E-state index is 0.485. The highest BCUT2D eigenvalue weighted by atomic mass is 16.5. The van der Waals surface area contributed by atoms with Crippen molar-refractivity contribution in [2.75, 3.05) is 14.2 Å². The SMILES string of the molecule is COc1ccc(CC2(N)C=C(N)NC=N2)c(OC)c1. The van der Waals surface area contributed by atoms with Gasteiger partial charge in [0.15, 0.2) is 0 Å². The third kappa shape index (κ3) is 2.97. The molecule has 0 aliphatic carbocycles. The molecule has 1 aliphatic heterocycles. The maximum Gasteiger partial charge on any atom is 0.136 e. The van der Waals surface area contributed by atoms with Crippen LogP contribution in [0.5, 0.6) is 11.5 Å². The normalized spacial score (nSPS) is 21.5. The fourth-order valence-electron chi connectivity index (χ4n) is 1.97. The van der Waals surface area contributed by atoms with Gasteiger partial charge in [0.1, 0.15) is 23.0 Å². The molecular weight excluding hydrogens is 244 g/mol. The van der Waals surface area contributed by atoms with E-state index < -0.39 is 5.66 Å². The van der Waals surface area contributed by atoms with E-state index in [0.29, 0.717) is 18.0 Å². The molecule has 0 aromatic heterocycles. The molecule has 1 atom stereocenters. The lowest BCUT2D eigenvalue weighted by molar-refractivity contribution is 0.387. The van der Waals surface area contributed by atoms with E-state index >= 15 is 0 Å². The second-order valence-electron chi connectivity index (χ2n) is 4.35. The number of methoxy groups -OCH3 is 2. The van der Waals surface area contributed by atoms with Crippen molar-refractivity contribution < 1.29 is 9.47 Å². The Hall–Kier alpha value is -2.21. The third-order valence-corrected chi connectivity index (χ3v) is 2.91. The van der Waals surface area contributed by atoms with Gasteiger partial charge in [-0.2, -0.15) is 0 Å². The van der Waals surface area contributed by atoms with Gasteiger partial charge in [-0.05, 0) is 17.7 Å². The highest BCUT2D eigenvalue weighted by Crippen LogP contribution is 2.28. The van der Waals surface area contributed by atoms with E-state index in [9.17, 15) is 0 Å². The highest BCUT2D eigenvalue weighted by Gasteiger charge is 2.25. The van der Waals surface area contributed by atoms with Gasteiger partial charge < -0.3 is 26.3 Å². The molecule has 0 radical (unpaired) electrons. The predicted octanol–water partition coefficient (Wildman–Crippen LogP) is 0.333. The van der Waals surface area contributed by atoms with Crippen LogP contribution in [0.2, 0.25) is 0 Å². The molecule has 102 valence electrons. The summed E-state index contributed by atoms with van der Waals surface area (Å²) < 4.78 is 10.5. The maximum atomic E-state index is 6.19. The zero-order chi connectivity index (χ0) is 13.9. The summed E-state index contributed by atoms with van der Waals surface area (Å²) in [7, 11) is 3.22. The number of aliphatic imine (C=N–C) groups is 1. The minimum atomic E-state index is -0.864. The first-order chi connectivity index (χ1) is 9.06. The number of nitrogens with one attached hydrogen (secondary N) is 1. The Kier molecular flexibility index (Phi) is 3.62. The summed E-state index contributed by atoms with van der Waals surface area (Å²) in [6.07, 6.45) is 3.68. The Morgan fingerprint density at radius 2 is 2.11 bits per heavy atom. The molecule has 2 rings (SSSR count). The van der Waals surface area contributed by atoms with Crippen molar-refractivity contribution in [1.82, 2.24) is 5.32 Å². The number of hydrogen-bond donors (Lipinski definition) is 3. The molecule has 19 heavy (non-hydrogen) atoms. The number of nitrogens with zero attached hydrogens (tertiary/aromatic N) is 1. The lowest BCUT2D eigenvalue weighted by Gasteiger charge is -2.26. The molecule has 1 heterocycles. The van der Waals surface area contributed by atoms with Gasteiger partial charge in [-0.1, -0.05) is 6.07 Å². The Balaban J connectivity index is 2.28. The molecule has 1 aromatic carbocycles. The Morgan fingerprint density at radius 3 is 2.74 bits per heavy atom. The molecule has 0 saturated carbocycles. The number of rotatable bonds is 4. The van der Waals surface area contributed by atoms with E-state index in [1.165, 1.54) is 6.34 Å². The zero-order valence-electron chi connectivity index (χ0n) is 11.0. The van der Waals surface area contributed by atoms with Crippen LogP contribution in [-0.2, 0) is 6.42 Å². The summed E-state index contributed by atoms with van der Waals surface area (Å²) in [5.41, 5.74) is 12.0. The number of hydrogen-bond acceptors (Lipinski definition) is 6. The van der Waals surface area contributed by atoms with Gasteiger partial charge in [0.05, 0.1) is 20.6 Å². The average Bonchev–Trinajstić information content (AvgIpc) is 2.38. The monoisotopic (exact) mass is 262 g/mol. The van der Waals surface area contributed by atoms with Crippen LogP contribution in [0, 0.1) is 0 Å². The molecule has 1 unspecified atom stereocenters. The molecule has 0 saturated heterocycles. The van der Waals surface area contributed by atoms with Gasteiger partial charge in [-0.3, -0.25) is 0 Å². The van der Waals surface area contributed by atoms with Gasteiger partial charge >= 0.3 is 0 Å². The second kappa shape index (κ2) is 5.19. The van der Waals surface area contributed by atoms with Crippen molar-refractivity contribution in [3.63, 3.8) is 0 Å². The third-order valence-electron chi connectivity index (χ3n) is 2.91. The molecule has 5 N–H and O–H groups in total. The summed E-state index contributed by atoms with van der Waals surface area (Å²) in [5.74, 6) is 1.94. The Labute approximate surface area is 112 Å². The quantitative estimate of drug-likeness (QED) is 0.727. The smallest absolute Gasteiger partial charge is 0.136 e. The van der Waals surface area contributed by atoms with Crippen LogP contribution in [0.15, 0.2) is 35.1 Å². The predicted molar refractivity (Wildman–Crippen MR) is 74.1 cm³/mol. The van der Waals surface area contributed by atoms with Crippen molar-refractivity contribution in [1.29, 1.82) is 0 Å². The molecule has 0 bridgehead atoms. The lowest BCUT2D eigenvalue weighted by atomic mass is 9.99. The van der Waals surface area contributed by atoms with Crippen molar-refractivity contribution in [2.45, 2.75) is 12.1 Å². The standard InChI is InChI=1S/C13H18N4O2/c1-18-10-4-3-9(11(5-10)19-2)6-13(15)7-12(14)16-8-17-13/h3-5,7-8H,6,14-15H2,1-2H3,(H,16,17). The van der Waals surface area contributed by atoms with Gasteiger partial charge in [0.25, 0.3) is 0 Å². The molecular formula is C13H18N4O2. The largest absolute Gasteiger partial charge is 0.497 e. The van der Waals surface area contributed by atoms with Crippen molar-refractivity contribution >= 4 is 6.34 Å². The minimum Gasteiger partial charge on any atom is -0.497 e. The summed E-state index contributed by atoms with van der Waals surface area (Å²) in [4.78, 5) is 4.22. The van der Waals surface area contributed by atoms with E-state index in [0.717, 1.165) is 11.3 Å². The van der Waals surface area contributed by atoms with Crippen LogP contribution >= 0.6 is 0 Å². The molecule has 6 heteroatoms. The summed E-state index contributed by atoms with van der Waals surface area (Å²) in [6.45, 7) is 0. The Morgan fingerprint density at radius 1 is 1.32 bits per heavy atom. The van der Waals surface area contributed by atoms with E-state index in [1.807, 2.05) is 18.2 Å². The van der Waals surface area contributed by atoms with Crippen LogP contribution in [0.1, 0.15) is 5.56 Å². The first-order valence-electron chi connectivity index (χ1n) is 5.85. The second-order valence-corrected chi connectivity index (χ2v) is 4.35. The van der Waals surface area contributed by atoms with Crippen LogP contribution in [0.4, 0.5) is 0 Å². The summed E-state index contributed by atoms with van der Waals surface area (Å²) in [5, 5.41) is 2.79. The average molecular weight is 262 g/mol. The van der Waals surface area contributed by atoms with Crippen LogP contribution in [0.25, 0.3) is 0 Å². The van der Waals surface area contributed by atoms with Crippen LogP contribution in [0.3, 0.4) is 0 Å². The number of ether oxygens (including phenoxy) is 2. The Bertz CT molecular complexity index is 527. The first kappa shape index (κ1) is 13.2.